The van der Waals surface area contributed by atoms with E-state index < -0.39 is 5.60 Å². The molecule has 1 heterocycles. The molecule has 0 bridgehead atoms. The summed E-state index contributed by atoms with van der Waals surface area (Å²) in [5.74, 6) is 0. The van der Waals surface area contributed by atoms with Crippen molar-refractivity contribution in [1.82, 2.24) is 15.1 Å². The first kappa shape index (κ1) is 17.9. The highest BCUT2D eigenvalue weighted by Gasteiger charge is 2.30. The minimum atomic E-state index is -0.578. The number of rotatable bonds is 8. The number of nitrogens with zero attached hydrogens (tertiary/aromatic N) is 2. The molecule has 1 aliphatic rings. The van der Waals surface area contributed by atoms with Gasteiger partial charge >= 0.3 is 0 Å². The molecule has 120 valence electrons. The highest BCUT2D eigenvalue weighted by molar-refractivity contribution is 4.85. The van der Waals surface area contributed by atoms with Crippen molar-refractivity contribution in [1.29, 1.82) is 0 Å². The maximum absolute atomic E-state index is 9.90. The molecule has 1 saturated heterocycles. The summed E-state index contributed by atoms with van der Waals surface area (Å²) in [7, 11) is 2.06. The van der Waals surface area contributed by atoms with E-state index >= 15 is 0 Å². The summed E-state index contributed by atoms with van der Waals surface area (Å²) >= 11 is 0. The normalized spacial score (nSPS) is 19.5. The summed E-state index contributed by atoms with van der Waals surface area (Å²) in [6.45, 7) is 15.9. The van der Waals surface area contributed by atoms with E-state index in [1.54, 1.807) is 0 Å². The van der Waals surface area contributed by atoms with Crippen LogP contribution in [0.1, 0.15) is 40.5 Å². The van der Waals surface area contributed by atoms with E-state index in [4.69, 9.17) is 0 Å². The fraction of sp³-hybridized carbons (Fsp3) is 1.00. The standard InChI is InChI=1S/C16H35N3O/c1-6-16(7-2,12-17-5)14-19-10-8-18(9-11-19)13-15(3,4)20/h17,20H,6-14H2,1-5H3. The molecule has 20 heavy (non-hydrogen) atoms. The van der Waals surface area contributed by atoms with Crippen molar-refractivity contribution in [3.63, 3.8) is 0 Å². The predicted molar refractivity (Wildman–Crippen MR) is 86.1 cm³/mol. The molecular formula is C16H35N3O. The second-order valence-corrected chi connectivity index (χ2v) is 7.10. The molecule has 4 nitrogen and oxygen atoms in total. The third kappa shape index (κ3) is 5.68. The summed E-state index contributed by atoms with van der Waals surface area (Å²) in [5, 5.41) is 13.3. The van der Waals surface area contributed by atoms with E-state index in [-0.39, 0.29) is 0 Å². The van der Waals surface area contributed by atoms with Crippen LogP contribution in [0.3, 0.4) is 0 Å². The van der Waals surface area contributed by atoms with Crippen LogP contribution in [0.15, 0.2) is 0 Å². The molecule has 0 unspecified atom stereocenters. The van der Waals surface area contributed by atoms with Crippen LogP contribution in [-0.4, -0.2) is 73.4 Å². The number of β-amino-alcohol motifs (C(OH)–C–C–N with tert-alkyl or cyclic N) is 1. The zero-order chi connectivity index (χ0) is 15.2. The molecule has 0 saturated carbocycles. The Balaban J connectivity index is 2.44. The molecule has 1 rings (SSSR count). The van der Waals surface area contributed by atoms with Crippen LogP contribution in [0, 0.1) is 5.41 Å². The van der Waals surface area contributed by atoms with Crippen LogP contribution < -0.4 is 5.32 Å². The van der Waals surface area contributed by atoms with Gasteiger partial charge in [0.2, 0.25) is 0 Å². The second kappa shape index (κ2) is 7.74. The maximum atomic E-state index is 9.90. The molecule has 0 aliphatic carbocycles. The summed E-state index contributed by atoms with van der Waals surface area (Å²) in [5.41, 5.74) is -0.169. The molecule has 0 atom stereocenters. The van der Waals surface area contributed by atoms with Crippen LogP contribution in [-0.2, 0) is 0 Å². The van der Waals surface area contributed by atoms with Crippen molar-refractivity contribution in [2.75, 3.05) is 52.9 Å². The lowest BCUT2D eigenvalue weighted by molar-refractivity contribution is 0.00989. The molecule has 0 aromatic heterocycles. The van der Waals surface area contributed by atoms with Gasteiger partial charge in [-0.25, -0.2) is 0 Å². The Labute approximate surface area is 125 Å². The Morgan fingerprint density at radius 1 is 0.950 bits per heavy atom. The Morgan fingerprint density at radius 3 is 1.75 bits per heavy atom. The lowest BCUT2D eigenvalue weighted by Crippen LogP contribution is -2.53. The zero-order valence-electron chi connectivity index (χ0n) is 14.2. The van der Waals surface area contributed by atoms with Crippen LogP contribution in [0.4, 0.5) is 0 Å². The molecule has 1 fully saturated rings. The smallest absolute Gasteiger partial charge is 0.0718 e. The topological polar surface area (TPSA) is 38.7 Å². The Morgan fingerprint density at radius 2 is 1.40 bits per heavy atom. The highest BCUT2D eigenvalue weighted by atomic mass is 16.3. The highest BCUT2D eigenvalue weighted by Crippen LogP contribution is 2.27. The van der Waals surface area contributed by atoms with Crippen LogP contribution in [0.5, 0.6) is 0 Å². The molecule has 0 amide bonds. The Bertz CT molecular complexity index is 263. The van der Waals surface area contributed by atoms with Gasteiger partial charge in [-0.15, -0.1) is 0 Å². The van der Waals surface area contributed by atoms with E-state index in [2.05, 4.69) is 36.0 Å². The van der Waals surface area contributed by atoms with Crippen molar-refractivity contribution >= 4 is 0 Å². The Kier molecular flexibility index (Phi) is 6.92. The monoisotopic (exact) mass is 285 g/mol. The molecule has 2 N–H and O–H groups in total. The first-order valence-corrected chi connectivity index (χ1v) is 8.16. The van der Waals surface area contributed by atoms with E-state index in [0.717, 1.165) is 39.3 Å². The summed E-state index contributed by atoms with van der Waals surface area (Å²) in [6.07, 6.45) is 2.46. The Hall–Kier alpha value is -0.160. The molecule has 0 radical (unpaired) electrons. The van der Waals surface area contributed by atoms with Gasteiger partial charge < -0.3 is 15.3 Å². The second-order valence-electron chi connectivity index (χ2n) is 7.10. The van der Waals surface area contributed by atoms with Gasteiger partial charge in [0, 0.05) is 45.8 Å². The fourth-order valence-electron chi connectivity index (χ4n) is 3.28. The average Bonchev–Trinajstić information content (AvgIpc) is 2.39. The third-order valence-electron chi connectivity index (χ3n) is 4.69. The van der Waals surface area contributed by atoms with E-state index in [1.807, 2.05) is 13.8 Å². The van der Waals surface area contributed by atoms with Crippen molar-refractivity contribution in [2.45, 2.75) is 46.1 Å². The lowest BCUT2D eigenvalue weighted by Gasteiger charge is -2.42. The van der Waals surface area contributed by atoms with Crippen molar-refractivity contribution < 1.29 is 5.11 Å². The third-order valence-corrected chi connectivity index (χ3v) is 4.69. The van der Waals surface area contributed by atoms with Crippen LogP contribution >= 0.6 is 0 Å². The largest absolute Gasteiger partial charge is 0.389 e. The van der Waals surface area contributed by atoms with Gasteiger partial charge in [0.25, 0.3) is 0 Å². The SMILES string of the molecule is CCC(CC)(CNC)CN1CCN(CC(C)(C)O)CC1. The predicted octanol–water partition coefficient (Wildman–Crippen LogP) is 1.40. The van der Waals surface area contributed by atoms with Crippen LogP contribution in [0.2, 0.25) is 0 Å². The number of hydrogen-bond acceptors (Lipinski definition) is 4. The van der Waals surface area contributed by atoms with E-state index in [0.29, 0.717) is 5.41 Å². The molecule has 4 heteroatoms. The average molecular weight is 285 g/mol. The molecule has 0 aromatic rings. The van der Waals surface area contributed by atoms with Gasteiger partial charge in [-0.1, -0.05) is 13.8 Å². The molecule has 0 aromatic carbocycles. The minimum absolute atomic E-state index is 0.410. The van der Waals surface area contributed by atoms with Crippen molar-refractivity contribution in [3.8, 4) is 0 Å². The number of nitrogens with one attached hydrogen (secondary N) is 1. The first-order chi connectivity index (χ1) is 9.34. The van der Waals surface area contributed by atoms with Gasteiger partial charge in [0.15, 0.2) is 0 Å². The van der Waals surface area contributed by atoms with Gasteiger partial charge in [0.05, 0.1) is 5.60 Å². The van der Waals surface area contributed by atoms with Crippen molar-refractivity contribution in [2.24, 2.45) is 5.41 Å². The fourth-order valence-corrected chi connectivity index (χ4v) is 3.28. The molecule has 0 spiro atoms. The number of aliphatic hydroxyl groups is 1. The lowest BCUT2D eigenvalue weighted by atomic mass is 9.81. The maximum Gasteiger partial charge on any atom is 0.0718 e. The van der Waals surface area contributed by atoms with Gasteiger partial charge in [0.1, 0.15) is 0 Å². The first-order valence-electron chi connectivity index (χ1n) is 8.16. The molecule has 1 aliphatic heterocycles. The summed E-state index contributed by atoms with van der Waals surface area (Å²) in [4.78, 5) is 4.99. The zero-order valence-corrected chi connectivity index (χ0v) is 14.2. The number of hydrogen-bond donors (Lipinski definition) is 2. The summed E-state index contributed by atoms with van der Waals surface area (Å²) in [6, 6.07) is 0. The summed E-state index contributed by atoms with van der Waals surface area (Å²) < 4.78 is 0. The van der Waals surface area contributed by atoms with Gasteiger partial charge in [-0.2, -0.15) is 0 Å². The van der Waals surface area contributed by atoms with Gasteiger partial charge in [-0.05, 0) is 39.2 Å². The molecular weight excluding hydrogens is 250 g/mol. The van der Waals surface area contributed by atoms with E-state index in [1.165, 1.54) is 19.4 Å². The van der Waals surface area contributed by atoms with Crippen LogP contribution in [0.25, 0.3) is 0 Å². The quantitative estimate of drug-likeness (QED) is 0.707. The van der Waals surface area contributed by atoms with Gasteiger partial charge in [-0.3, -0.25) is 4.90 Å². The van der Waals surface area contributed by atoms with Crippen molar-refractivity contribution in [3.05, 3.63) is 0 Å². The van der Waals surface area contributed by atoms with E-state index in [9.17, 15) is 5.11 Å². The number of piperazine rings is 1. The minimum Gasteiger partial charge on any atom is -0.389 e.